The van der Waals surface area contributed by atoms with Gasteiger partial charge < -0.3 is 10.4 Å². The molecule has 7 heteroatoms. The molecule has 0 aliphatic carbocycles. The van der Waals surface area contributed by atoms with Gasteiger partial charge in [-0.2, -0.15) is 5.10 Å². The van der Waals surface area contributed by atoms with Crippen LogP contribution >= 0.6 is 0 Å². The van der Waals surface area contributed by atoms with Crippen LogP contribution in [0.4, 0.5) is 0 Å². The minimum atomic E-state index is -1.03. The quantitative estimate of drug-likeness (QED) is 0.440. The highest BCUT2D eigenvalue weighted by Gasteiger charge is 2.32. The van der Waals surface area contributed by atoms with E-state index < -0.39 is 23.3 Å². The topological polar surface area (TPSA) is 112 Å². The summed E-state index contributed by atoms with van der Waals surface area (Å²) >= 11 is 0. The molecule has 0 aliphatic rings. The average Bonchev–Trinajstić information content (AvgIpc) is 3.25. The van der Waals surface area contributed by atoms with Crippen LogP contribution < -0.4 is 5.32 Å². The van der Waals surface area contributed by atoms with E-state index in [2.05, 4.69) is 15.5 Å². The fourth-order valence-electron chi connectivity index (χ4n) is 3.51. The molecule has 7 nitrogen and oxygen atoms in total. The van der Waals surface area contributed by atoms with Gasteiger partial charge in [0.05, 0.1) is 5.41 Å². The van der Waals surface area contributed by atoms with Gasteiger partial charge in [0.2, 0.25) is 0 Å². The standard InChI is InChI=1S/C25H27N3O4/c1-16(29)21-14-22(28-27-21)23(30)26-20(15-25(2,3)24(31)32)13-17-9-11-19(12-10-17)18-7-5-4-6-8-18/h4-12,14,20H,13,15H2,1-3H3,(H,26,30)(H,27,28)(H,31,32). The minimum absolute atomic E-state index is 0.160. The van der Waals surface area contributed by atoms with Gasteiger partial charge in [-0.3, -0.25) is 19.5 Å². The molecule has 0 spiro atoms. The molecule has 1 aromatic heterocycles. The summed E-state index contributed by atoms with van der Waals surface area (Å²) in [7, 11) is 0. The lowest BCUT2D eigenvalue weighted by molar-refractivity contribution is -0.147. The molecular formula is C25H27N3O4. The molecule has 3 aromatic rings. The van der Waals surface area contributed by atoms with Gasteiger partial charge in [0.25, 0.3) is 5.91 Å². The number of carboxylic acids is 1. The number of ketones is 1. The Morgan fingerprint density at radius 1 is 1.03 bits per heavy atom. The molecule has 0 aliphatic heterocycles. The second-order valence-corrected chi connectivity index (χ2v) is 8.55. The van der Waals surface area contributed by atoms with E-state index in [0.29, 0.717) is 6.42 Å². The molecule has 166 valence electrons. The van der Waals surface area contributed by atoms with E-state index in [4.69, 9.17) is 0 Å². The lowest BCUT2D eigenvalue weighted by Gasteiger charge is -2.27. The van der Waals surface area contributed by atoms with Gasteiger partial charge in [-0.25, -0.2) is 0 Å². The molecule has 0 saturated heterocycles. The van der Waals surface area contributed by atoms with Crippen molar-refractivity contribution in [2.75, 3.05) is 0 Å². The number of nitrogens with one attached hydrogen (secondary N) is 2. The Morgan fingerprint density at radius 3 is 2.22 bits per heavy atom. The number of aliphatic carboxylic acids is 1. The fraction of sp³-hybridized carbons (Fsp3) is 0.280. The first-order chi connectivity index (χ1) is 15.2. The lowest BCUT2D eigenvalue weighted by Crippen LogP contribution is -2.41. The summed E-state index contributed by atoms with van der Waals surface area (Å²) < 4.78 is 0. The third kappa shape index (κ3) is 5.69. The first-order valence-electron chi connectivity index (χ1n) is 10.4. The normalized spacial score (nSPS) is 12.2. The Hall–Kier alpha value is -3.74. The number of hydrogen-bond acceptors (Lipinski definition) is 4. The van der Waals surface area contributed by atoms with Crippen LogP contribution in [-0.4, -0.2) is 39.0 Å². The second kappa shape index (κ2) is 9.60. The fourth-order valence-corrected chi connectivity index (χ4v) is 3.51. The number of Topliss-reactive ketones (excluding diaryl/α,β-unsaturated/α-hetero) is 1. The maximum Gasteiger partial charge on any atom is 0.309 e. The number of aromatic nitrogens is 2. The lowest BCUT2D eigenvalue weighted by atomic mass is 9.83. The average molecular weight is 434 g/mol. The van der Waals surface area contributed by atoms with E-state index in [0.717, 1.165) is 16.7 Å². The molecule has 3 N–H and O–H groups in total. The van der Waals surface area contributed by atoms with Gasteiger partial charge in [0, 0.05) is 13.0 Å². The second-order valence-electron chi connectivity index (χ2n) is 8.55. The van der Waals surface area contributed by atoms with Crippen molar-refractivity contribution in [2.24, 2.45) is 5.41 Å². The SMILES string of the molecule is CC(=O)c1cc(C(=O)NC(Cc2ccc(-c3ccccc3)cc2)CC(C)(C)C(=O)O)[nH]n1. The van der Waals surface area contributed by atoms with Crippen molar-refractivity contribution in [3.8, 4) is 11.1 Å². The van der Waals surface area contributed by atoms with E-state index in [1.807, 2.05) is 54.6 Å². The van der Waals surface area contributed by atoms with Gasteiger partial charge in [-0.1, -0.05) is 54.6 Å². The predicted molar refractivity (Wildman–Crippen MR) is 121 cm³/mol. The van der Waals surface area contributed by atoms with Gasteiger partial charge in [-0.05, 0) is 49.4 Å². The zero-order chi connectivity index (χ0) is 23.3. The van der Waals surface area contributed by atoms with Crippen LogP contribution in [-0.2, 0) is 11.2 Å². The van der Waals surface area contributed by atoms with Crippen molar-refractivity contribution in [3.63, 3.8) is 0 Å². The number of nitrogens with zero attached hydrogens (tertiary/aromatic N) is 1. The monoisotopic (exact) mass is 433 g/mol. The Bertz CT molecular complexity index is 1100. The molecule has 32 heavy (non-hydrogen) atoms. The van der Waals surface area contributed by atoms with Crippen LogP contribution in [0, 0.1) is 5.41 Å². The van der Waals surface area contributed by atoms with Crippen LogP contribution in [0.3, 0.4) is 0 Å². The number of hydrogen-bond donors (Lipinski definition) is 3. The van der Waals surface area contributed by atoms with E-state index in [1.165, 1.54) is 13.0 Å². The highest BCUT2D eigenvalue weighted by Crippen LogP contribution is 2.25. The highest BCUT2D eigenvalue weighted by molar-refractivity contribution is 5.97. The van der Waals surface area contributed by atoms with Crippen LogP contribution in [0.1, 0.15) is 53.7 Å². The highest BCUT2D eigenvalue weighted by atomic mass is 16.4. The molecule has 1 unspecified atom stereocenters. The summed E-state index contributed by atoms with van der Waals surface area (Å²) in [6, 6.07) is 19.0. The van der Waals surface area contributed by atoms with Gasteiger partial charge >= 0.3 is 5.97 Å². The Morgan fingerprint density at radius 2 is 1.66 bits per heavy atom. The third-order valence-electron chi connectivity index (χ3n) is 5.40. The maximum atomic E-state index is 12.7. The first-order valence-corrected chi connectivity index (χ1v) is 10.4. The summed E-state index contributed by atoms with van der Waals surface area (Å²) in [4.78, 5) is 35.9. The number of H-pyrrole nitrogens is 1. The molecule has 0 saturated carbocycles. The zero-order valence-electron chi connectivity index (χ0n) is 18.4. The molecule has 0 radical (unpaired) electrons. The van der Waals surface area contributed by atoms with Crippen molar-refractivity contribution in [2.45, 2.75) is 39.7 Å². The number of aromatic amines is 1. The molecule has 1 heterocycles. The third-order valence-corrected chi connectivity index (χ3v) is 5.40. The van der Waals surface area contributed by atoms with Crippen LogP contribution in [0.5, 0.6) is 0 Å². The number of carbonyl (C=O) groups is 3. The summed E-state index contributed by atoms with van der Waals surface area (Å²) in [5.74, 6) is -1.61. The number of amides is 1. The summed E-state index contributed by atoms with van der Waals surface area (Å²) in [5, 5.41) is 18.9. The summed E-state index contributed by atoms with van der Waals surface area (Å²) in [6.07, 6.45) is 0.702. The van der Waals surface area contributed by atoms with Crippen molar-refractivity contribution in [1.82, 2.24) is 15.5 Å². The van der Waals surface area contributed by atoms with Crippen LogP contribution in [0.2, 0.25) is 0 Å². The molecular weight excluding hydrogens is 406 g/mol. The van der Waals surface area contributed by atoms with Crippen molar-refractivity contribution < 1.29 is 19.5 Å². The Labute approximate surface area is 186 Å². The molecule has 3 rings (SSSR count). The van der Waals surface area contributed by atoms with Gasteiger partial charge in [-0.15, -0.1) is 0 Å². The predicted octanol–water partition coefficient (Wildman–Crippen LogP) is 4.12. The van der Waals surface area contributed by atoms with Crippen LogP contribution in [0.15, 0.2) is 60.7 Å². The first kappa shape index (κ1) is 22.9. The molecule has 2 aromatic carbocycles. The van der Waals surface area contributed by atoms with E-state index in [1.54, 1.807) is 13.8 Å². The smallest absolute Gasteiger partial charge is 0.309 e. The number of carboxylic acid groups (broad SMARTS) is 1. The number of rotatable bonds is 9. The molecule has 0 fully saturated rings. The maximum absolute atomic E-state index is 12.7. The minimum Gasteiger partial charge on any atom is -0.481 e. The molecule has 1 amide bonds. The number of carbonyl (C=O) groups excluding carboxylic acids is 2. The number of benzene rings is 2. The molecule has 0 bridgehead atoms. The van der Waals surface area contributed by atoms with Crippen molar-refractivity contribution in [1.29, 1.82) is 0 Å². The van der Waals surface area contributed by atoms with Gasteiger partial charge in [0.1, 0.15) is 11.4 Å². The summed E-state index contributed by atoms with van der Waals surface area (Å²) in [5.41, 5.74) is 2.47. The zero-order valence-corrected chi connectivity index (χ0v) is 18.4. The Kier molecular flexibility index (Phi) is 6.88. The van der Waals surface area contributed by atoms with Crippen LogP contribution in [0.25, 0.3) is 11.1 Å². The molecule has 1 atom stereocenters. The van der Waals surface area contributed by atoms with E-state index in [9.17, 15) is 19.5 Å². The van der Waals surface area contributed by atoms with Gasteiger partial charge in [0.15, 0.2) is 5.78 Å². The Balaban J connectivity index is 1.78. The largest absolute Gasteiger partial charge is 0.481 e. The summed E-state index contributed by atoms with van der Waals surface area (Å²) in [6.45, 7) is 4.64. The van der Waals surface area contributed by atoms with Crippen molar-refractivity contribution >= 4 is 17.7 Å². The van der Waals surface area contributed by atoms with E-state index in [-0.39, 0.29) is 23.6 Å². The van der Waals surface area contributed by atoms with E-state index >= 15 is 0 Å². The van der Waals surface area contributed by atoms with Crippen molar-refractivity contribution in [3.05, 3.63) is 77.6 Å².